The number of para-hydroxylation sites is 1. The summed E-state index contributed by atoms with van der Waals surface area (Å²) >= 11 is 0. The molecule has 1 atom stereocenters. The molecule has 0 aliphatic carbocycles. The zero-order valence-electron chi connectivity index (χ0n) is 10.2. The number of nitrogens with two attached hydrogens (primary N) is 1. The highest BCUT2D eigenvalue weighted by Crippen LogP contribution is 2.11. The van der Waals surface area contributed by atoms with Crippen LogP contribution >= 0.6 is 0 Å². The molecule has 3 N–H and O–H groups in total. The normalized spacial score (nSPS) is 12.6. The molecule has 0 bridgehead atoms. The quantitative estimate of drug-likeness (QED) is 0.546. The summed E-state index contributed by atoms with van der Waals surface area (Å²) in [6, 6.07) is 8.05. The topological polar surface area (TPSA) is 47.3 Å². The number of hydrogen-bond donors (Lipinski definition) is 2. The van der Waals surface area contributed by atoms with Crippen LogP contribution in [-0.2, 0) is 11.2 Å². The summed E-state index contributed by atoms with van der Waals surface area (Å²) in [5.41, 5.74) is 8.00. The first kappa shape index (κ1) is 13.0. The van der Waals surface area contributed by atoms with E-state index in [1.165, 1.54) is 5.56 Å². The van der Waals surface area contributed by atoms with E-state index in [0.29, 0.717) is 0 Å². The standard InChI is InChI=1S/C13H22N2O/c1-11(16-2)10-15-9-5-7-12-6-3-4-8-13(12)14/h3-4,6,8,11,15H,5,7,9-10,14H2,1-2H3. The first-order chi connectivity index (χ1) is 7.74. The van der Waals surface area contributed by atoms with Crippen molar-refractivity contribution in [2.24, 2.45) is 0 Å². The Balaban J connectivity index is 2.14. The molecule has 0 saturated heterocycles. The summed E-state index contributed by atoms with van der Waals surface area (Å²) in [6.45, 7) is 3.96. The fourth-order valence-electron chi connectivity index (χ4n) is 1.55. The number of aryl methyl sites for hydroxylation is 1. The Bertz CT molecular complexity index is 302. The molecule has 0 fully saturated rings. The van der Waals surface area contributed by atoms with Crippen molar-refractivity contribution in [1.29, 1.82) is 0 Å². The van der Waals surface area contributed by atoms with Gasteiger partial charge in [0.25, 0.3) is 0 Å². The van der Waals surface area contributed by atoms with Crippen LogP contribution in [0.25, 0.3) is 0 Å². The van der Waals surface area contributed by atoms with Gasteiger partial charge in [0.2, 0.25) is 0 Å². The van der Waals surface area contributed by atoms with Crippen LogP contribution in [0, 0.1) is 0 Å². The number of hydrogen-bond acceptors (Lipinski definition) is 3. The third-order valence-electron chi connectivity index (χ3n) is 2.69. The average molecular weight is 222 g/mol. The van der Waals surface area contributed by atoms with Crippen LogP contribution in [0.1, 0.15) is 18.9 Å². The summed E-state index contributed by atoms with van der Waals surface area (Å²) in [6.07, 6.45) is 2.41. The Kier molecular flexibility index (Phi) is 5.90. The molecule has 0 aliphatic heterocycles. The minimum Gasteiger partial charge on any atom is -0.399 e. The average Bonchev–Trinajstić information content (AvgIpc) is 2.30. The van der Waals surface area contributed by atoms with Gasteiger partial charge in [-0.25, -0.2) is 0 Å². The van der Waals surface area contributed by atoms with Crippen LogP contribution < -0.4 is 11.1 Å². The van der Waals surface area contributed by atoms with Crippen LogP contribution in [0.4, 0.5) is 5.69 Å². The van der Waals surface area contributed by atoms with E-state index in [2.05, 4.69) is 18.3 Å². The van der Waals surface area contributed by atoms with Crippen molar-refractivity contribution in [3.63, 3.8) is 0 Å². The maximum Gasteiger partial charge on any atom is 0.0667 e. The van der Waals surface area contributed by atoms with Crippen molar-refractivity contribution in [1.82, 2.24) is 5.32 Å². The van der Waals surface area contributed by atoms with Gasteiger partial charge in [-0.1, -0.05) is 18.2 Å². The smallest absolute Gasteiger partial charge is 0.0667 e. The molecule has 0 heterocycles. The molecule has 0 amide bonds. The molecule has 16 heavy (non-hydrogen) atoms. The van der Waals surface area contributed by atoms with Gasteiger partial charge in [-0.15, -0.1) is 0 Å². The first-order valence-corrected chi connectivity index (χ1v) is 5.81. The lowest BCUT2D eigenvalue weighted by Gasteiger charge is -2.10. The molecule has 0 spiro atoms. The summed E-state index contributed by atoms with van der Waals surface area (Å²) < 4.78 is 5.15. The molecular formula is C13H22N2O. The van der Waals surface area contributed by atoms with Gasteiger partial charge in [0.05, 0.1) is 6.10 Å². The second kappa shape index (κ2) is 7.25. The number of benzene rings is 1. The van der Waals surface area contributed by atoms with Crippen LogP contribution in [0.15, 0.2) is 24.3 Å². The van der Waals surface area contributed by atoms with Crippen LogP contribution in [-0.4, -0.2) is 26.3 Å². The van der Waals surface area contributed by atoms with Crippen molar-refractivity contribution in [3.05, 3.63) is 29.8 Å². The SMILES string of the molecule is COC(C)CNCCCc1ccccc1N. The molecule has 0 saturated carbocycles. The van der Waals surface area contributed by atoms with Gasteiger partial charge in [-0.05, 0) is 37.9 Å². The van der Waals surface area contributed by atoms with Crippen molar-refractivity contribution in [2.45, 2.75) is 25.9 Å². The van der Waals surface area contributed by atoms with E-state index in [1.54, 1.807) is 7.11 Å². The number of anilines is 1. The maximum atomic E-state index is 5.86. The van der Waals surface area contributed by atoms with Crippen molar-refractivity contribution >= 4 is 5.69 Å². The zero-order valence-corrected chi connectivity index (χ0v) is 10.2. The van der Waals surface area contributed by atoms with Crippen LogP contribution in [0.3, 0.4) is 0 Å². The summed E-state index contributed by atoms with van der Waals surface area (Å²) in [5.74, 6) is 0. The fourth-order valence-corrected chi connectivity index (χ4v) is 1.55. The number of methoxy groups -OCH3 is 1. The Morgan fingerprint density at radius 3 is 2.81 bits per heavy atom. The molecule has 1 aromatic rings. The predicted molar refractivity (Wildman–Crippen MR) is 68.5 cm³/mol. The molecule has 1 unspecified atom stereocenters. The van der Waals surface area contributed by atoms with E-state index in [0.717, 1.165) is 31.6 Å². The molecule has 3 nitrogen and oxygen atoms in total. The van der Waals surface area contributed by atoms with Gasteiger partial charge in [-0.3, -0.25) is 0 Å². The molecule has 3 heteroatoms. The zero-order chi connectivity index (χ0) is 11.8. The minimum atomic E-state index is 0.279. The molecule has 0 aliphatic rings. The van der Waals surface area contributed by atoms with Crippen LogP contribution in [0.5, 0.6) is 0 Å². The minimum absolute atomic E-state index is 0.279. The lowest BCUT2D eigenvalue weighted by Crippen LogP contribution is -2.27. The summed E-state index contributed by atoms with van der Waals surface area (Å²) in [5, 5.41) is 3.36. The second-order valence-electron chi connectivity index (χ2n) is 4.05. The first-order valence-electron chi connectivity index (χ1n) is 5.81. The third-order valence-corrected chi connectivity index (χ3v) is 2.69. The van der Waals surface area contributed by atoms with Crippen molar-refractivity contribution in [3.8, 4) is 0 Å². The summed E-state index contributed by atoms with van der Waals surface area (Å²) in [7, 11) is 1.73. The Labute approximate surface area is 98.0 Å². The lowest BCUT2D eigenvalue weighted by molar-refractivity contribution is 0.117. The third kappa shape index (κ3) is 4.64. The molecule has 0 radical (unpaired) electrons. The van der Waals surface area contributed by atoms with Gasteiger partial charge in [-0.2, -0.15) is 0 Å². The number of nitrogen functional groups attached to an aromatic ring is 1. The molecule has 90 valence electrons. The lowest BCUT2D eigenvalue weighted by atomic mass is 10.1. The fraction of sp³-hybridized carbons (Fsp3) is 0.538. The monoisotopic (exact) mass is 222 g/mol. The van der Waals surface area contributed by atoms with E-state index in [1.807, 2.05) is 18.2 Å². The van der Waals surface area contributed by atoms with Crippen LogP contribution in [0.2, 0.25) is 0 Å². The van der Waals surface area contributed by atoms with E-state index in [4.69, 9.17) is 10.5 Å². The second-order valence-corrected chi connectivity index (χ2v) is 4.05. The Morgan fingerprint density at radius 2 is 2.12 bits per heavy atom. The number of ether oxygens (including phenoxy) is 1. The molecule has 1 aromatic carbocycles. The van der Waals surface area contributed by atoms with Gasteiger partial charge in [0, 0.05) is 19.3 Å². The van der Waals surface area contributed by atoms with E-state index >= 15 is 0 Å². The highest BCUT2D eigenvalue weighted by molar-refractivity contribution is 5.46. The molecular weight excluding hydrogens is 200 g/mol. The number of nitrogens with one attached hydrogen (secondary N) is 1. The highest BCUT2D eigenvalue weighted by atomic mass is 16.5. The van der Waals surface area contributed by atoms with E-state index in [-0.39, 0.29) is 6.10 Å². The Hall–Kier alpha value is -1.06. The van der Waals surface area contributed by atoms with E-state index in [9.17, 15) is 0 Å². The Morgan fingerprint density at radius 1 is 1.38 bits per heavy atom. The van der Waals surface area contributed by atoms with E-state index < -0.39 is 0 Å². The van der Waals surface area contributed by atoms with Gasteiger partial charge < -0.3 is 15.8 Å². The highest BCUT2D eigenvalue weighted by Gasteiger charge is 1.99. The summed E-state index contributed by atoms with van der Waals surface area (Å²) in [4.78, 5) is 0. The number of rotatable bonds is 7. The van der Waals surface area contributed by atoms with Gasteiger partial charge >= 0.3 is 0 Å². The largest absolute Gasteiger partial charge is 0.399 e. The van der Waals surface area contributed by atoms with Crippen molar-refractivity contribution < 1.29 is 4.74 Å². The molecule has 0 aromatic heterocycles. The predicted octanol–water partition coefficient (Wildman–Crippen LogP) is 1.83. The maximum absolute atomic E-state index is 5.86. The molecule has 1 rings (SSSR count). The van der Waals surface area contributed by atoms with Gasteiger partial charge in [0.1, 0.15) is 0 Å². The van der Waals surface area contributed by atoms with Gasteiger partial charge in [0.15, 0.2) is 0 Å². The van der Waals surface area contributed by atoms with Crippen molar-refractivity contribution in [2.75, 3.05) is 25.9 Å².